The summed E-state index contributed by atoms with van der Waals surface area (Å²) in [6.07, 6.45) is 0.559. The lowest BCUT2D eigenvalue weighted by Gasteiger charge is -2.18. The van der Waals surface area contributed by atoms with Crippen LogP contribution in [0.1, 0.15) is 20.3 Å². The van der Waals surface area contributed by atoms with E-state index in [0.29, 0.717) is 17.9 Å². The van der Waals surface area contributed by atoms with E-state index < -0.39 is 16.1 Å². The summed E-state index contributed by atoms with van der Waals surface area (Å²) >= 11 is 0. The fraction of sp³-hybridized carbons (Fsp3) is 0.571. The standard InChI is InChI=1S/C14H23NO5S/c1-10(2)7-11(9-16)15-21(17,18)12-5-6-13(19-3)14(8-12)20-4/h5-6,8,10-11,15-16H,7,9H2,1-4H3. The van der Waals surface area contributed by atoms with E-state index >= 15 is 0 Å². The Balaban J connectivity index is 3.02. The predicted molar refractivity (Wildman–Crippen MR) is 80.2 cm³/mol. The van der Waals surface area contributed by atoms with Gasteiger partial charge in [-0.3, -0.25) is 0 Å². The Hall–Kier alpha value is -1.31. The molecule has 0 aliphatic carbocycles. The minimum atomic E-state index is -3.72. The highest BCUT2D eigenvalue weighted by atomic mass is 32.2. The van der Waals surface area contributed by atoms with Gasteiger partial charge in [0.2, 0.25) is 10.0 Å². The van der Waals surface area contributed by atoms with Crippen LogP contribution in [0.15, 0.2) is 23.1 Å². The quantitative estimate of drug-likeness (QED) is 0.757. The maximum atomic E-state index is 12.3. The monoisotopic (exact) mass is 317 g/mol. The van der Waals surface area contributed by atoms with Crippen molar-refractivity contribution in [2.75, 3.05) is 20.8 Å². The van der Waals surface area contributed by atoms with Crippen molar-refractivity contribution < 1.29 is 23.0 Å². The number of methoxy groups -OCH3 is 2. The molecular weight excluding hydrogens is 294 g/mol. The third-order valence-electron chi connectivity index (χ3n) is 2.96. The molecule has 0 fully saturated rings. The Morgan fingerprint density at radius 3 is 2.29 bits per heavy atom. The van der Waals surface area contributed by atoms with Gasteiger partial charge in [-0.05, 0) is 24.5 Å². The number of ether oxygens (including phenoxy) is 2. The smallest absolute Gasteiger partial charge is 0.241 e. The molecule has 0 saturated carbocycles. The van der Waals surface area contributed by atoms with E-state index in [1.165, 1.54) is 32.4 Å². The van der Waals surface area contributed by atoms with Gasteiger partial charge in [0.1, 0.15) is 0 Å². The van der Waals surface area contributed by atoms with E-state index in [4.69, 9.17) is 9.47 Å². The molecule has 6 nitrogen and oxygen atoms in total. The summed E-state index contributed by atoms with van der Waals surface area (Å²) < 4.78 is 37.3. The van der Waals surface area contributed by atoms with Crippen LogP contribution in [-0.4, -0.2) is 40.4 Å². The zero-order chi connectivity index (χ0) is 16.0. The van der Waals surface area contributed by atoms with E-state index in [1.54, 1.807) is 0 Å². The third kappa shape index (κ3) is 4.87. The number of benzene rings is 1. The molecule has 0 bridgehead atoms. The summed E-state index contributed by atoms with van der Waals surface area (Å²) in [7, 11) is -0.798. The van der Waals surface area contributed by atoms with Crippen LogP contribution in [-0.2, 0) is 10.0 Å². The van der Waals surface area contributed by atoms with Gasteiger partial charge in [-0.2, -0.15) is 0 Å². The second-order valence-corrected chi connectivity index (χ2v) is 6.86. The van der Waals surface area contributed by atoms with Gasteiger partial charge in [0, 0.05) is 12.1 Å². The van der Waals surface area contributed by atoms with Crippen molar-refractivity contribution in [1.29, 1.82) is 0 Å². The topological polar surface area (TPSA) is 84.9 Å². The molecule has 0 spiro atoms. The van der Waals surface area contributed by atoms with E-state index in [2.05, 4.69) is 4.72 Å². The second kappa shape index (κ2) is 7.63. The zero-order valence-corrected chi connectivity index (χ0v) is 13.6. The van der Waals surface area contributed by atoms with Gasteiger partial charge in [-0.25, -0.2) is 13.1 Å². The Morgan fingerprint density at radius 1 is 1.19 bits per heavy atom. The molecule has 2 N–H and O–H groups in total. The maximum absolute atomic E-state index is 12.3. The van der Waals surface area contributed by atoms with Crippen LogP contribution in [0.2, 0.25) is 0 Å². The van der Waals surface area contributed by atoms with Crippen LogP contribution in [0.4, 0.5) is 0 Å². The highest BCUT2D eigenvalue weighted by Crippen LogP contribution is 2.29. The minimum absolute atomic E-state index is 0.0716. The van der Waals surface area contributed by atoms with Crippen molar-refractivity contribution in [3.63, 3.8) is 0 Å². The van der Waals surface area contributed by atoms with Gasteiger partial charge in [0.15, 0.2) is 11.5 Å². The molecule has 0 saturated heterocycles. The van der Waals surface area contributed by atoms with E-state index in [1.807, 2.05) is 13.8 Å². The second-order valence-electron chi connectivity index (χ2n) is 5.15. The van der Waals surface area contributed by atoms with Crippen LogP contribution in [0.3, 0.4) is 0 Å². The molecule has 0 aliphatic rings. The molecule has 0 radical (unpaired) electrons. The lowest BCUT2D eigenvalue weighted by molar-refractivity contribution is 0.240. The summed E-state index contributed by atoms with van der Waals surface area (Å²) in [4.78, 5) is 0.0716. The van der Waals surface area contributed by atoms with Crippen molar-refractivity contribution in [2.24, 2.45) is 5.92 Å². The van der Waals surface area contributed by atoms with Gasteiger partial charge >= 0.3 is 0 Å². The molecule has 0 aliphatic heterocycles. The molecule has 0 heterocycles. The minimum Gasteiger partial charge on any atom is -0.493 e. The number of aliphatic hydroxyl groups is 1. The number of sulfonamides is 1. The first-order chi connectivity index (χ1) is 9.83. The van der Waals surface area contributed by atoms with Crippen LogP contribution in [0, 0.1) is 5.92 Å². The number of rotatable bonds is 8. The van der Waals surface area contributed by atoms with E-state index in [9.17, 15) is 13.5 Å². The SMILES string of the molecule is COc1ccc(S(=O)(=O)NC(CO)CC(C)C)cc1OC. The molecule has 1 rings (SSSR count). The molecule has 1 unspecified atom stereocenters. The largest absolute Gasteiger partial charge is 0.493 e. The summed E-state index contributed by atoms with van der Waals surface area (Å²) in [6.45, 7) is 3.69. The summed E-state index contributed by atoms with van der Waals surface area (Å²) in [6, 6.07) is 3.85. The van der Waals surface area contributed by atoms with Crippen molar-refractivity contribution in [3.8, 4) is 11.5 Å². The predicted octanol–water partition coefficient (Wildman–Crippen LogP) is 1.39. The lowest BCUT2D eigenvalue weighted by Crippen LogP contribution is -2.38. The van der Waals surface area contributed by atoms with Gasteiger partial charge in [-0.15, -0.1) is 0 Å². The summed E-state index contributed by atoms with van der Waals surface area (Å²) in [5, 5.41) is 9.30. The molecule has 1 aromatic carbocycles. The van der Waals surface area contributed by atoms with Crippen molar-refractivity contribution in [3.05, 3.63) is 18.2 Å². The van der Waals surface area contributed by atoms with Crippen LogP contribution < -0.4 is 14.2 Å². The van der Waals surface area contributed by atoms with Crippen LogP contribution in [0.25, 0.3) is 0 Å². The fourth-order valence-electron chi connectivity index (χ4n) is 2.00. The molecular formula is C14H23NO5S. The van der Waals surface area contributed by atoms with Crippen LogP contribution in [0.5, 0.6) is 11.5 Å². The third-order valence-corrected chi connectivity index (χ3v) is 4.48. The maximum Gasteiger partial charge on any atom is 0.241 e. The van der Waals surface area contributed by atoms with Gasteiger partial charge in [0.05, 0.1) is 25.7 Å². The van der Waals surface area contributed by atoms with Gasteiger partial charge in [-0.1, -0.05) is 13.8 Å². The Bertz CT molecular complexity index is 556. The summed E-state index contributed by atoms with van der Waals surface area (Å²) in [5.41, 5.74) is 0. The highest BCUT2D eigenvalue weighted by molar-refractivity contribution is 7.89. The average molecular weight is 317 g/mol. The fourth-order valence-corrected chi connectivity index (χ4v) is 3.26. The molecule has 21 heavy (non-hydrogen) atoms. The number of hydrogen-bond donors (Lipinski definition) is 2. The van der Waals surface area contributed by atoms with Crippen molar-refractivity contribution >= 4 is 10.0 Å². The highest BCUT2D eigenvalue weighted by Gasteiger charge is 2.21. The number of aliphatic hydroxyl groups excluding tert-OH is 1. The number of hydrogen-bond acceptors (Lipinski definition) is 5. The molecule has 1 aromatic rings. The van der Waals surface area contributed by atoms with Crippen molar-refractivity contribution in [2.45, 2.75) is 31.2 Å². The summed E-state index contributed by atoms with van der Waals surface area (Å²) in [5.74, 6) is 1.07. The first-order valence-corrected chi connectivity index (χ1v) is 8.17. The number of nitrogens with one attached hydrogen (secondary N) is 1. The van der Waals surface area contributed by atoms with E-state index in [-0.39, 0.29) is 17.4 Å². The van der Waals surface area contributed by atoms with Gasteiger partial charge in [0.25, 0.3) is 0 Å². The molecule has 120 valence electrons. The molecule has 0 amide bonds. The Kier molecular flexibility index (Phi) is 6.44. The molecule has 0 aromatic heterocycles. The zero-order valence-electron chi connectivity index (χ0n) is 12.8. The molecule has 1 atom stereocenters. The van der Waals surface area contributed by atoms with Crippen molar-refractivity contribution in [1.82, 2.24) is 4.72 Å². The van der Waals surface area contributed by atoms with E-state index in [0.717, 1.165) is 0 Å². The molecule has 7 heteroatoms. The normalized spacial score (nSPS) is 13.2. The average Bonchev–Trinajstić information content (AvgIpc) is 2.44. The first-order valence-electron chi connectivity index (χ1n) is 6.69. The lowest BCUT2D eigenvalue weighted by atomic mass is 10.1. The Labute approximate surface area is 126 Å². The first kappa shape index (κ1) is 17.7. The van der Waals surface area contributed by atoms with Gasteiger partial charge < -0.3 is 14.6 Å². The Morgan fingerprint density at radius 2 is 1.81 bits per heavy atom. The van der Waals surface area contributed by atoms with Crippen LogP contribution >= 0.6 is 0 Å².